The van der Waals surface area contributed by atoms with Crippen LogP contribution >= 0.6 is 0 Å². The van der Waals surface area contributed by atoms with Crippen molar-refractivity contribution in [1.29, 1.82) is 0 Å². The molecular formula is C9H17NO3. The number of hydrogen-bond donors (Lipinski definition) is 1. The highest BCUT2D eigenvalue weighted by atomic mass is 16.6. The summed E-state index contributed by atoms with van der Waals surface area (Å²) in [6, 6.07) is 0. The zero-order chi connectivity index (χ0) is 9.68. The third-order valence-corrected chi connectivity index (χ3v) is 2.18. The lowest BCUT2D eigenvalue weighted by molar-refractivity contribution is -0.157. The number of piperidine rings is 1. The lowest BCUT2D eigenvalue weighted by Crippen LogP contribution is -2.39. The van der Waals surface area contributed by atoms with Crippen LogP contribution in [0, 0.1) is 0 Å². The van der Waals surface area contributed by atoms with E-state index in [4.69, 9.17) is 4.74 Å². The third-order valence-electron chi connectivity index (χ3n) is 2.18. The quantitative estimate of drug-likeness (QED) is 0.646. The Hall–Kier alpha value is -0.610. The van der Waals surface area contributed by atoms with Crippen LogP contribution in [0.4, 0.5) is 0 Å². The molecule has 0 saturated carbocycles. The molecule has 76 valence electrons. The van der Waals surface area contributed by atoms with Crippen molar-refractivity contribution in [2.24, 2.45) is 0 Å². The maximum atomic E-state index is 11.0. The minimum absolute atomic E-state index is 0.155. The molecule has 0 radical (unpaired) electrons. The predicted octanol–water partition coefficient (Wildman–Crippen LogP) is 0.316. The van der Waals surface area contributed by atoms with Crippen LogP contribution in [0.3, 0.4) is 0 Å². The van der Waals surface area contributed by atoms with Gasteiger partial charge in [-0.1, -0.05) is 0 Å². The molecule has 4 heteroatoms. The fraction of sp³-hybridized carbons (Fsp3) is 0.889. The Kier molecular flexibility index (Phi) is 4.18. The lowest BCUT2D eigenvalue weighted by atomic mass is 10.1. The summed E-state index contributed by atoms with van der Waals surface area (Å²) < 4.78 is 10.1. The highest BCUT2D eigenvalue weighted by Crippen LogP contribution is 2.09. The summed E-state index contributed by atoms with van der Waals surface area (Å²) in [4.78, 5) is 11.0. The van der Waals surface area contributed by atoms with Crippen molar-refractivity contribution in [2.45, 2.75) is 32.0 Å². The van der Waals surface area contributed by atoms with Gasteiger partial charge in [0.05, 0.1) is 13.2 Å². The van der Waals surface area contributed by atoms with Crippen molar-refractivity contribution in [3.63, 3.8) is 0 Å². The molecule has 0 bridgehead atoms. The van der Waals surface area contributed by atoms with E-state index in [1.165, 1.54) is 7.11 Å². The smallest absolute Gasteiger partial charge is 0.334 e. The van der Waals surface area contributed by atoms with Crippen molar-refractivity contribution in [1.82, 2.24) is 5.32 Å². The van der Waals surface area contributed by atoms with Gasteiger partial charge in [0, 0.05) is 6.54 Å². The van der Waals surface area contributed by atoms with Crippen molar-refractivity contribution < 1.29 is 14.3 Å². The van der Waals surface area contributed by atoms with Crippen LogP contribution in [0.2, 0.25) is 0 Å². The maximum absolute atomic E-state index is 11.0. The molecule has 1 rings (SSSR count). The number of ether oxygens (including phenoxy) is 2. The van der Waals surface area contributed by atoms with Gasteiger partial charge in [-0.05, 0) is 26.3 Å². The number of carbonyl (C=O) groups is 1. The van der Waals surface area contributed by atoms with E-state index >= 15 is 0 Å². The number of methoxy groups -OCH3 is 1. The highest BCUT2D eigenvalue weighted by molar-refractivity contribution is 5.73. The Bertz CT molecular complexity index is 166. The summed E-state index contributed by atoms with van der Waals surface area (Å²) in [5.41, 5.74) is 0. The third kappa shape index (κ3) is 3.32. The summed E-state index contributed by atoms with van der Waals surface area (Å²) in [6.07, 6.45) is 1.84. The Morgan fingerprint density at radius 2 is 2.38 bits per heavy atom. The predicted molar refractivity (Wildman–Crippen MR) is 48.5 cm³/mol. The molecular weight excluding hydrogens is 170 g/mol. The van der Waals surface area contributed by atoms with Gasteiger partial charge in [0.25, 0.3) is 0 Å². The first-order valence-corrected chi connectivity index (χ1v) is 4.68. The molecule has 1 aliphatic heterocycles. The zero-order valence-corrected chi connectivity index (χ0v) is 8.21. The molecule has 0 aromatic heterocycles. The Morgan fingerprint density at radius 3 is 2.92 bits per heavy atom. The van der Waals surface area contributed by atoms with Gasteiger partial charge in [0.1, 0.15) is 0 Å². The summed E-state index contributed by atoms with van der Waals surface area (Å²) in [5, 5.41) is 3.22. The number of carbonyl (C=O) groups excluding carboxylic acids is 1. The van der Waals surface area contributed by atoms with Crippen LogP contribution in [0.25, 0.3) is 0 Å². The van der Waals surface area contributed by atoms with E-state index in [1.54, 1.807) is 6.92 Å². The van der Waals surface area contributed by atoms with E-state index < -0.39 is 6.10 Å². The van der Waals surface area contributed by atoms with E-state index in [0.29, 0.717) is 0 Å². The molecule has 1 aliphatic rings. The van der Waals surface area contributed by atoms with Crippen LogP contribution < -0.4 is 5.32 Å². The Morgan fingerprint density at radius 1 is 1.62 bits per heavy atom. The first-order valence-electron chi connectivity index (χ1n) is 4.68. The first-order chi connectivity index (χ1) is 6.24. The van der Waals surface area contributed by atoms with Crippen LogP contribution in [-0.4, -0.2) is 38.4 Å². The van der Waals surface area contributed by atoms with Gasteiger partial charge in [-0.25, -0.2) is 4.79 Å². The van der Waals surface area contributed by atoms with Crippen LogP contribution in [-0.2, 0) is 14.3 Å². The van der Waals surface area contributed by atoms with Crippen molar-refractivity contribution >= 4 is 5.97 Å². The number of esters is 1. The second kappa shape index (κ2) is 5.19. The van der Waals surface area contributed by atoms with Crippen molar-refractivity contribution in [3.8, 4) is 0 Å². The number of nitrogens with one attached hydrogen (secondary N) is 1. The van der Waals surface area contributed by atoms with Gasteiger partial charge in [-0.2, -0.15) is 0 Å². The molecule has 1 heterocycles. The minimum Gasteiger partial charge on any atom is -0.467 e. The monoisotopic (exact) mass is 187 g/mol. The maximum Gasteiger partial charge on any atom is 0.334 e. The van der Waals surface area contributed by atoms with Gasteiger partial charge < -0.3 is 14.8 Å². The molecule has 1 N–H and O–H groups in total. The van der Waals surface area contributed by atoms with E-state index in [2.05, 4.69) is 10.1 Å². The second-order valence-electron chi connectivity index (χ2n) is 3.27. The average molecular weight is 187 g/mol. The molecule has 0 aromatic rings. The SMILES string of the molecule is COC(=O)[C@H](C)O[C@H]1CCCNC1. The van der Waals surface area contributed by atoms with Gasteiger partial charge in [-0.3, -0.25) is 0 Å². The number of hydrogen-bond acceptors (Lipinski definition) is 4. The largest absolute Gasteiger partial charge is 0.467 e. The highest BCUT2D eigenvalue weighted by Gasteiger charge is 2.20. The molecule has 0 aliphatic carbocycles. The standard InChI is InChI=1S/C9H17NO3/c1-7(9(11)12-2)13-8-4-3-5-10-6-8/h7-8,10H,3-6H2,1-2H3/t7-,8-/m0/s1. The Balaban J connectivity index is 2.25. The van der Waals surface area contributed by atoms with Crippen molar-refractivity contribution in [2.75, 3.05) is 20.2 Å². The normalized spacial score (nSPS) is 25.2. The van der Waals surface area contributed by atoms with Crippen LogP contribution in [0.1, 0.15) is 19.8 Å². The molecule has 4 nitrogen and oxygen atoms in total. The van der Waals surface area contributed by atoms with Gasteiger partial charge in [0.2, 0.25) is 0 Å². The molecule has 0 aromatic carbocycles. The molecule has 0 spiro atoms. The Labute approximate surface area is 78.6 Å². The summed E-state index contributed by atoms with van der Waals surface area (Å²) in [5.74, 6) is -0.300. The molecule has 1 fully saturated rings. The number of rotatable bonds is 3. The van der Waals surface area contributed by atoms with Crippen molar-refractivity contribution in [3.05, 3.63) is 0 Å². The zero-order valence-electron chi connectivity index (χ0n) is 8.21. The minimum atomic E-state index is -0.449. The molecule has 2 atom stereocenters. The average Bonchev–Trinajstić information content (AvgIpc) is 2.18. The summed E-state index contributed by atoms with van der Waals surface area (Å²) in [6.45, 7) is 3.61. The second-order valence-corrected chi connectivity index (χ2v) is 3.27. The molecule has 0 unspecified atom stereocenters. The van der Waals surface area contributed by atoms with Crippen LogP contribution in [0.5, 0.6) is 0 Å². The topological polar surface area (TPSA) is 47.6 Å². The fourth-order valence-corrected chi connectivity index (χ4v) is 1.45. The van der Waals surface area contributed by atoms with E-state index in [0.717, 1.165) is 25.9 Å². The molecule has 13 heavy (non-hydrogen) atoms. The lowest BCUT2D eigenvalue weighted by Gasteiger charge is -2.25. The summed E-state index contributed by atoms with van der Waals surface area (Å²) in [7, 11) is 1.38. The van der Waals surface area contributed by atoms with Gasteiger partial charge in [-0.15, -0.1) is 0 Å². The van der Waals surface area contributed by atoms with E-state index in [-0.39, 0.29) is 12.1 Å². The van der Waals surface area contributed by atoms with E-state index in [1.807, 2.05) is 0 Å². The summed E-state index contributed by atoms with van der Waals surface area (Å²) >= 11 is 0. The molecule has 1 saturated heterocycles. The fourth-order valence-electron chi connectivity index (χ4n) is 1.45. The van der Waals surface area contributed by atoms with Crippen LogP contribution in [0.15, 0.2) is 0 Å². The molecule has 0 amide bonds. The van der Waals surface area contributed by atoms with Gasteiger partial charge >= 0.3 is 5.97 Å². The first kappa shape index (κ1) is 10.5. The van der Waals surface area contributed by atoms with Gasteiger partial charge in [0.15, 0.2) is 6.10 Å². The van der Waals surface area contributed by atoms with E-state index in [9.17, 15) is 4.79 Å².